The first-order valence-corrected chi connectivity index (χ1v) is 15.4. The lowest BCUT2D eigenvalue weighted by Gasteiger charge is -2.25. The molecule has 10 heteroatoms. The SMILES string of the molecule is CCCCOc1ccc(C2C(C(=O)OCc3ccccc3)=C(C)N=c3sc(=Cc4ccc(Cl)c(Cl)c4)c(=O)n32)cc1OC. The number of aromatic nitrogens is 1. The molecule has 1 aromatic heterocycles. The lowest BCUT2D eigenvalue weighted by molar-refractivity contribution is -0.140. The fourth-order valence-corrected chi connectivity index (χ4v) is 6.11. The van der Waals surface area contributed by atoms with Gasteiger partial charge in [-0.2, -0.15) is 0 Å². The molecule has 0 aliphatic carbocycles. The maximum atomic E-state index is 14.0. The number of thiazole rings is 1. The van der Waals surface area contributed by atoms with Crippen molar-refractivity contribution in [2.75, 3.05) is 13.7 Å². The molecule has 0 saturated carbocycles. The number of esters is 1. The molecule has 1 aliphatic rings. The van der Waals surface area contributed by atoms with Crippen molar-refractivity contribution >= 4 is 46.6 Å². The smallest absolute Gasteiger partial charge is 0.338 e. The lowest BCUT2D eigenvalue weighted by Crippen LogP contribution is -2.39. The third-order valence-electron chi connectivity index (χ3n) is 6.95. The van der Waals surface area contributed by atoms with E-state index in [1.54, 1.807) is 50.4 Å². The maximum Gasteiger partial charge on any atom is 0.338 e. The van der Waals surface area contributed by atoms with Crippen LogP contribution in [0.3, 0.4) is 0 Å². The first kappa shape index (κ1) is 30.6. The zero-order chi connectivity index (χ0) is 30.5. The Kier molecular flexibility index (Phi) is 9.70. The van der Waals surface area contributed by atoms with Gasteiger partial charge in [-0.15, -0.1) is 0 Å². The summed E-state index contributed by atoms with van der Waals surface area (Å²) in [5.74, 6) is 0.523. The number of unbranched alkanes of at least 4 members (excludes halogenated alkanes) is 1. The normalized spacial score (nSPS) is 14.7. The molecule has 2 heterocycles. The van der Waals surface area contributed by atoms with Crippen molar-refractivity contribution in [2.24, 2.45) is 4.99 Å². The van der Waals surface area contributed by atoms with Gasteiger partial charge in [0, 0.05) is 0 Å². The fraction of sp³-hybridized carbons (Fsp3) is 0.242. The summed E-state index contributed by atoms with van der Waals surface area (Å²) in [6.07, 6.45) is 3.64. The number of hydrogen-bond donors (Lipinski definition) is 0. The predicted molar refractivity (Wildman–Crippen MR) is 170 cm³/mol. The number of allylic oxidation sites excluding steroid dienone is 1. The van der Waals surface area contributed by atoms with Crippen LogP contribution in [0.25, 0.3) is 6.08 Å². The molecule has 5 rings (SSSR count). The average molecular weight is 638 g/mol. The summed E-state index contributed by atoms with van der Waals surface area (Å²) in [5.41, 5.74) is 2.65. The zero-order valence-corrected chi connectivity index (χ0v) is 26.3. The van der Waals surface area contributed by atoms with E-state index in [0.717, 1.165) is 18.4 Å². The van der Waals surface area contributed by atoms with Crippen LogP contribution in [0.1, 0.15) is 49.4 Å². The summed E-state index contributed by atoms with van der Waals surface area (Å²) in [7, 11) is 1.56. The summed E-state index contributed by atoms with van der Waals surface area (Å²) < 4.78 is 19.3. The van der Waals surface area contributed by atoms with Gasteiger partial charge in [-0.25, -0.2) is 9.79 Å². The molecule has 0 bridgehead atoms. The molecule has 4 aromatic rings. The molecule has 7 nitrogen and oxygen atoms in total. The monoisotopic (exact) mass is 636 g/mol. The third-order valence-corrected chi connectivity index (χ3v) is 8.68. The number of hydrogen-bond acceptors (Lipinski definition) is 7. The molecule has 0 fully saturated rings. The number of fused-ring (bicyclic) bond motifs is 1. The maximum absolute atomic E-state index is 14.0. The van der Waals surface area contributed by atoms with Crippen molar-refractivity contribution < 1.29 is 19.0 Å². The molecule has 3 aromatic carbocycles. The quantitative estimate of drug-likeness (QED) is 0.147. The van der Waals surface area contributed by atoms with Crippen molar-refractivity contribution in [3.8, 4) is 11.5 Å². The van der Waals surface area contributed by atoms with Crippen LogP contribution in [0, 0.1) is 0 Å². The number of rotatable bonds is 10. The molecule has 0 radical (unpaired) electrons. The van der Waals surface area contributed by atoms with Gasteiger partial charge in [-0.3, -0.25) is 9.36 Å². The van der Waals surface area contributed by atoms with Crippen LogP contribution in [0.2, 0.25) is 10.0 Å². The highest BCUT2D eigenvalue weighted by atomic mass is 35.5. The van der Waals surface area contributed by atoms with Crippen LogP contribution < -0.4 is 24.4 Å². The van der Waals surface area contributed by atoms with Gasteiger partial charge in [0.15, 0.2) is 16.3 Å². The molecule has 0 amide bonds. The predicted octanol–water partition coefficient (Wildman–Crippen LogP) is 6.47. The van der Waals surface area contributed by atoms with Crippen LogP contribution in [0.15, 0.2) is 87.8 Å². The van der Waals surface area contributed by atoms with E-state index in [1.165, 1.54) is 15.9 Å². The average Bonchev–Trinajstić information content (AvgIpc) is 3.31. The molecule has 1 aliphatic heterocycles. The van der Waals surface area contributed by atoms with Gasteiger partial charge >= 0.3 is 5.97 Å². The Morgan fingerprint density at radius 1 is 1.05 bits per heavy atom. The van der Waals surface area contributed by atoms with Crippen LogP contribution in [-0.4, -0.2) is 24.3 Å². The Labute approximate surface area is 263 Å². The summed E-state index contributed by atoms with van der Waals surface area (Å²) in [6.45, 7) is 4.47. The molecule has 222 valence electrons. The van der Waals surface area contributed by atoms with Crippen molar-refractivity contribution in [1.82, 2.24) is 4.57 Å². The van der Waals surface area contributed by atoms with Crippen LogP contribution >= 0.6 is 34.5 Å². The van der Waals surface area contributed by atoms with E-state index in [1.807, 2.05) is 36.4 Å². The number of ether oxygens (including phenoxy) is 3. The first-order chi connectivity index (χ1) is 20.8. The molecule has 1 atom stereocenters. The number of halogens is 2. The van der Waals surface area contributed by atoms with E-state index >= 15 is 0 Å². The molecule has 1 unspecified atom stereocenters. The zero-order valence-electron chi connectivity index (χ0n) is 23.9. The topological polar surface area (TPSA) is 79.1 Å². The van der Waals surface area contributed by atoms with E-state index in [2.05, 4.69) is 11.9 Å². The van der Waals surface area contributed by atoms with E-state index < -0.39 is 12.0 Å². The minimum absolute atomic E-state index is 0.0818. The van der Waals surface area contributed by atoms with Crippen molar-refractivity contribution in [3.63, 3.8) is 0 Å². The van der Waals surface area contributed by atoms with E-state index in [4.69, 9.17) is 37.4 Å². The fourth-order valence-electron chi connectivity index (χ4n) is 4.75. The lowest BCUT2D eigenvalue weighted by atomic mass is 9.95. The van der Waals surface area contributed by atoms with Crippen LogP contribution in [0.4, 0.5) is 0 Å². The highest BCUT2D eigenvalue weighted by Gasteiger charge is 2.34. The Morgan fingerprint density at radius 2 is 1.84 bits per heavy atom. The minimum atomic E-state index is -0.811. The van der Waals surface area contributed by atoms with Crippen molar-refractivity contribution in [1.29, 1.82) is 0 Å². The van der Waals surface area contributed by atoms with Gasteiger partial charge in [-0.05, 0) is 60.4 Å². The van der Waals surface area contributed by atoms with Gasteiger partial charge in [-0.1, -0.05) is 90.3 Å². The summed E-state index contributed by atoms with van der Waals surface area (Å²) >= 11 is 13.5. The van der Waals surface area contributed by atoms with Gasteiger partial charge in [0.05, 0.1) is 45.6 Å². The second kappa shape index (κ2) is 13.6. The van der Waals surface area contributed by atoms with Gasteiger partial charge < -0.3 is 14.2 Å². The largest absolute Gasteiger partial charge is 0.493 e. The highest BCUT2D eigenvalue weighted by Crippen LogP contribution is 2.36. The standard InChI is InChI=1S/C33H30Cl2N2O5S/c1-4-5-15-41-26-14-12-23(18-27(26)40-3)30-29(32(39)42-19-21-9-7-6-8-10-21)20(2)36-33-37(30)31(38)28(43-33)17-22-11-13-24(34)25(35)16-22/h6-14,16-18,30H,4-5,15,19H2,1-3H3. The Balaban J connectivity index is 1.62. The van der Waals surface area contributed by atoms with E-state index in [9.17, 15) is 9.59 Å². The Morgan fingerprint density at radius 3 is 2.56 bits per heavy atom. The second-order valence-corrected chi connectivity index (χ2v) is 11.8. The molecule has 0 N–H and O–H groups in total. The molecule has 0 spiro atoms. The van der Waals surface area contributed by atoms with Gasteiger partial charge in [0.25, 0.3) is 5.56 Å². The Hall–Kier alpha value is -3.85. The number of nitrogens with zero attached hydrogens (tertiary/aromatic N) is 2. The van der Waals surface area contributed by atoms with Crippen molar-refractivity contribution in [2.45, 2.75) is 39.3 Å². The van der Waals surface area contributed by atoms with Crippen LogP contribution in [-0.2, 0) is 16.1 Å². The third kappa shape index (κ3) is 6.72. The number of carbonyl (C=O) groups is 1. The summed E-state index contributed by atoms with van der Waals surface area (Å²) in [6, 6.07) is 19.2. The minimum Gasteiger partial charge on any atom is -0.493 e. The first-order valence-electron chi connectivity index (χ1n) is 13.8. The van der Waals surface area contributed by atoms with E-state index in [0.29, 0.717) is 54.3 Å². The summed E-state index contributed by atoms with van der Waals surface area (Å²) in [5, 5.41) is 0.805. The van der Waals surface area contributed by atoms with E-state index in [-0.39, 0.29) is 17.7 Å². The van der Waals surface area contributed by atoms with Crippen molar-refractivity contribution in [3.05, 3.63) is 124 Å². The van der Waals surface area contributed by atoms with Gasteiger partial charge in [0.1, 0.15) is 6.61 Å². The number of carbonyl (C=O) groups excluding carboxylic acids is 1. The molecule has 0 saturated heterocycles. The highest BCUT2D eigenvalue weighted by molar-refractivity contribution is 7.07. The van der Waals surface area contributed by atoms with Crippen LogP contribution in [0.5, 0.6) is 11.5 Å². The van der Waals surface area contributed by atoms with Gasteiger partial charge in [0.2, 0.25) is 0 Å². The molecular formula is C33H30Cl2N2O5S. The Bertz CT molecular complexity index is 1860. The summed E-state index contributed by atoms with van der Waals surface area (Å²) in [4.78, 5) is 32.8. The molecular weight excluding hydrogens is 607 g/mol. The molecule has 43 heavy (non-hydrogen) atoms. The second-order valence-electron chi connectivity index (χ2n) is 9.93. The number of methoxy groups -OCH3 is 1. The number of benzene rings is 3.